The molecular formula is C13H17N3O2. The number of rotatable bonds is 3. The summed E-state index contributed by atoms with van der Waals surface area (Å²) < 4.78 is 0. The van der Waals surface area contributed by atoms with Gasteiger partial charge in [-0.05, 0) is 37.1 Å². The van der Waals surface area contributed by atoms with Gasteiger partial charge in [-0.1, -0.05) is 0 Å². The zero-order valence-electron chi connectivity index (χ0n) is 10.6. The predicted molar refractivity (Wildman–Crippen MR) is 70.7 cm³/mol. The van der Waals surface area contributed by atoms with Crippen molar-refractivity contribution >= 4 is 23.3 Å². The highest BCUT2D eigenvalue weighted by molar-refractivity contribution is 5.92. The highest BCUT2D eigenvalue weighted by Crippen LogP contribution is 2.20. The van der Waals surface area contributed by atoms with Crippen molar-refractivity contribution in [3.8, 4) is 0 Å². The van der Waals surface area contributed by atoms with Crippen LogP contribution in [0.1, 0.15) is 19.8 Å². The number of nitrogens with zero attached hydrogens (tertiary/aromatic N) is 1. The molecule has 1 saturated carbocycles. The molecule has 0 radical (unpaired) electrons. The van der Waals surface area contributed by atoms with Crippen LogP contribution in [0.5, 0.6) is 0 Å². The van der Waals surface area contributed by atoms with E-state index in [2.05, 4.69) is 10.6 Å². The van der Waals surface area contributed by atoms with E-state index in [0.717, 1.165) is 18.5 Å². The first-order valence-electron chi connectivity index (χ1n) is 5.98. The van der Waals surface area contributed by atoms with Gasteiger partial charge >= 0.3 is 6.03 Å². The van der Waals surface area contributed by atoms with Gasteiger partial charge in [-0.2, -0.15) is 0 Å². The minimum absolute atomic E-state index is 0.0258. The molecule has 0 heterocycles. The van der Waals surface area contributed by atoms with Crippen LogP contribution >= 0.6 is 0 Å². The standard InChI is InChI=1S/C13H17N3O2/c1-9(17)16(2)12-7-5-11(6-8-12)15-13(18)14-10-3-4-10/h5-8,10H,3-4H2,1-2H3,(H2,14,15,18). The van der Waals surface area contributed by atoms with Gasteiger partial charge in [0.1, 0.15) is 0 Å². The largest absolute Gasteiger partial charge is 0.335 e. The molecule has 96 valence electrons. The molecule has 3 amide bonds. The Bertz CT molecular complexity index is 452. The van der Waals surface area contributed by atoms with Crippen molar-refractivity contribution in [1.82, 2.24) is 5.32 Å². The van der Waals surface area contributed by atoms with Gasteiger partial charge < -0.3 is 15.5 Å². The number of urea groups is 1. The van der Waals surface area contributed by atoms with Gasteiger partial charge in [-0.25, -0.2) is 4.79 Å². The summed E-state index contributed by atoms with van der Waals surface area (Å²) in [5, 5.41) is 5.60. The number of nitrogens with one attached hydrogen (secondary N) is 2. The zero-order chi connectivity index (χ0) is 13.1. The van der Waals surface area contributed by atoms with E-state index in [4.69, 9.17) is 0 Å². The maximum absolute atomic E-state index is 11.5. The molecule has 2 rings (SSSR count). The van der Waals surface area contributed by atoms with Crippen LogP contribution in [-0.2, 0) is 4.79 Å². The van der Waals surface area contributed by atoms with E-state index in [9.17, 15) is 9.59 Å². The van der Waals surface area contributed by atoms with Crippen LogP contribution in [0.2, 0.25) is 0 Å². The lowest BCUT2D eigenvalue weighted by atomic mass is 10.2. The van der Waals surface area contributed by atoms with Crippen molar-refractivity contribution in [1.29, 1.82) is 0 Å². The summed E-state index contributed by atoms with van der Waals surface area (Å²) in [6.07, 6.45) is 2.13. The van der Waals surface area contributed by atoms with E-state index in [0.29, 0.717) is 11.7 Å². The SMILES string of the molecule is CC(=O)N(C)c1ccc(NC(=O)NC2CC2)cc1. The van der Waals surface area contributed by atoms with Crippen molar-refractivity contribution < 1.29 is 9.59 Å². The quantitative estimate of drug-likeness (QED) is 0.857. The number of hydrogen-bond donors (Lipinski definition) is 2. The van der Waals surface area contributed by atoms with Crippen LogP contribution in [0, 0.1) is 0 Å². The van der Waals surface area contributed by atoms with E-state index in [1.165, 1.54) is 6.92 Å². The lowest BCUT2D eigenvalue weighted by molar-refractivity contribution is -0.116. The lowest BCUT2D eigenvalue weighted by Gasteiger charge is -2.15. The maximum atomic E-state index is 11.5. The van der Waals surface area contributed by atoms with Gasteiger partial charge in [0, 0.05) is 31.4 Å². The average Bonchev–Trinajstić information content (AvgIpc) is 3.12. The maximum Gasteiger partial charge on any atom is 0.319 e. The number of carbonyl (C=O) groups is 2. The van der Waals surface area contributed by atoms with Crippen LogP contribution in [-0.4, -0.2) is 25.0 Å². The monoisotopic (exact) mass is 247 g/mol. The fourth-order valence-electron chi connectivity index (χ4n) is 1.53. The lowest BCUT2D eigenvalue weighted by Crippen LogP contribution is -2.30. The molecule has 2 N–H and O–H groups in total. The average molecular weight is 247 g/mol. The molecule has 0 atom stereocenters. The third kappa shape index (κ3) is 3.23. The summed E-state index contributed by atoms with van der Waals surface area (Å²) in [5.74, 6) is -0.0258. The molecule has 0 bridgehead atoms. The van der Waals surface area contributed by atoms with Crippen LogP contribution in [0.3, 0.4) is 0 Å². The molecule has 0 unspecified atom stereocenters. The van der Waals surface area contributed by atoms with Gasteiger partial charge in [-0.3, -0.25) is 4.79 Å². The number of amides is 3. The Balaban J connectivity index is 1.94. The van der Waals surface area contributed by atoms with Gasteiger partial charge in [0.15, 0.2) is 0 Å². The minimum Gasteiger partial charge on any atom is -0.335 e. The minimum atomic E-state index is -0.176. The first-order chi connectivity index (χ1) is 8.56. The number of anilines is 2. The molecular weight excluding hydrogens is 230 g/mol. The second-order valence-corrected chi connectivity index (χ2v) is 4.50. The van der Waals surface area contributed by atoms with Gasteiger partial charge in [0.25, 0.3) is 0 Å². The molecule has 1 aromatic rings. The van der Waals surface area contributed by atoms with Crippen molar-refractivity contribution in [3.05, 3.63) is 24.3 Å². The van der Waals surface area contributed by atoms with Gasteiger partial charge in [0.2, 0.25) is 5.91 Å². The second-order valence-electron chi connectivity index (χ2n) is 4.50. The Morgan fingerprint density at radius 1 is 1.22 bits per heavy atom. The van der Waals surface area contributed by atoms with Crippen LogP contribution in [0.25, 0.3) is 0 Å². The smallest absolute Gasteiger partial charge is 0.319 e. The molecule has 0 saturated heterocycles. The third-order valence-corrected chi connectivity index (χ3v) is 2.90. The highest BCUT2D eigenvalue weighted by atomic mass is 16.2. The van der Waals surface area contributed by atoms with Crippen molar-refractivity contribution in [2.24, 2.45) is 0 Å². The van der Waals surface area contributed by atoms with Crippen LogP contribution in [0.4, 0.5) is 16.2 Å². The first kappa shape index (κ1) is 12.4. The molecule has 1 fully saturated rings. The summed E-state index contributed by atoms with van der Waals surface area (Å²) in [4.78, 5) is 24.2. The molecule has 5 heteroatoms. The second kappa shape index (κ2) is 5.08. The van der Waals surface area contributed by atoms with Crippen LogP contribution in [0.15, 0.2) is 24.3 Å². The summed E-state index contributed by atoms with van der Waals surface area (Å²) in [6, 6.07) is 7.32. The van der Waals surface area contributed by atoms with E-state index in [-0.39, 0.29) is 11.9 Å². The van der Waals surface area contributed by atoms with Crippen LogP contribution < -0.4 is 15.5 Å². The molecule has 1 aromatic carbocycles. The number of carbonyl (C=O) groups excluding carboxylic acids is 2. The van der Waals surface area contributed by atoms with E-state index >= 15 is 0 Å². The third-order valence-electron chi connectivity index (χ3n) is 2.90. The normalized spacial score (nSPS) is 13.9. The predicted octanol–water partition coefficient (Wildman–Crippen LogP) is 1.95. The first-order valence-corrected chi connectivity index (χ1v) is 5.98. The summed E-state index contributed by atoms with van der Waals surface area (Å²) in [7, 11) is 1.71. The van der Waals surface area contributed by atoms with E-state index in [1.807, 2.05) is 0 Å². The number of benzene rings is 1. The molecule has 1 aliphatic carbocycles. The Hall–Kier alpha value is -2.04. The topological polar surface area (TPSA) is 61.4 Å². The van der Waals surface area contributed by atoms with Crippen molar-refractivity contribution in [2.45, 2.75) is 25.8 Å². The molecule has 1 aliphatic rings. The summed E-state index contributed by atoms with van der Waals surface area (Å²) in [6.45, 7) is 1.51. The zero-order valence-corrected chi connectivity index (χ0v) is 10.6. The summed E-state index contributed by atoms with van der Waals surface area (Å²) >= 11 is 0. The fraction of sp³-hybridized carbons (Fsp3) is 0.385. The summed E-state index contributed by atoms with van der Waals surface area (Å²) in [5.41, 5.74) is 1.52. The van der Waals surface area contributed by atoms with E-state index < -0.39 is 0 Å². The molecule has 5 nitrogen and oxygen atoms in total. The Morgan fingerprint density at radius 2 is 1.83 bits per heavy atom. The Morgan fingerprint density at radius 3 is 2.33 bits per heavy atom. The molecule has 18 heavy (non-hydrogen) atoms. The van der Waals surface area contributed by atoms with Gasteiger partial charge in [-0.15, -0.1) is 0 Å². The van der Waals surface area contributed by atoms with E-state index in [1.54, 1.807) is 36.2 Å². The van der Waals surface area contributed by atoms with Crippen molar-refractivity contribution in [2.75, 3.05) is 17.3 Å². The molecule has 0 spiro atoms. The van der Waals surface area contributed by atoms with Crippen molar-refractivity contribution in [3.63, 3.8) is 0 Å². The Kier molecular flexibility index (Phi) is 3.50. The van der Waals surface area contributed by atoms with Gasteiger partial charge in [0.05, 0.1) is 0 Å². The fourth-order valence-corrected chi connectivity index (χ4v) is 1.53. The Labute approximate surface area is 106 Å². The molecule has 0 aliphatic heterocycles. The highest BCUT2D eigenvalue weighted by Gasteiger charge is 2.23. The molecule has 0 aromatic heterocycles. The number of hydrogen-bond acceptors (Lipinski definition) is 2.